The van der Waals surface area contributed by atoms with Gasteiger partial charge >= 0.3 is 6.03 Å². The van der Waals surface area contributed by atoms with Gasteiger partial charge in [-0.2, -0.15) is 0 Å². The molecule has 0 aromatic heterocycles. The smallest absolute Gasteiger partial charge is 0.320 e. The zero-order valence-corrected chi connectivity index (χ0v) is 21.1. The van der Waals surface area contributed by atoms with Crippen molar-refractivity contribution in [2.45, 2.75) is 63.3 Å². The van der Waals surface area contributed by atoms with E-state index in [2.05, 4.69) is 19.1 Å². The molecule has 0 spiro atoms. The molecule has 4 atom stereocenters. The van der Waals surface area contributed by atoms with Gasteiger partial charge in [0.25, 0.3) is 0 Å². The summed E-state index contributed by atoms with van der Waals surface area (Å²) in [5.41, 5.74) is 3.22. The molecule has 2 N–H and O–H groups in total. The van der Waals surface area contributed by atoms with Crippen molar-refractivity contribution in [2.75, 3.05) is 13.1 Å². The van der Waals surface area contributed by atoms with Crippen LogP contribution in [0.2, 0.25) is 0 Å². The summed E-state index contributed by atoms with van der Waals surface area (Å²) in [6.45, 7) is 3.13. The third-order valence-corrected chi connectivity index (χ3v) is 7.24. The first-order valence-corrected chi connectivity index (χ1v) is 13.1. The largest absolute Gasteiger partial charge is 0.388 e. The van der Waals surface area contributed by atoms with E-state index in [0.29, 0.717) is 32.4 Å². The maximum absolute atomic E-state index is 14.2. The van der Waals surface area contributed by atoms with Crippen LogP contribution in [-0.2, 0) is 19.3 Å². The Balaban J connectivity index is 1.69. The number of carbonyl (C=O) groups is 1. The van der Waals surface area contributed by atoms with Gasteiger partial charge in [0, 0.05) is 13.1 Å². The number of aliphatic hydroxyl groups excluding tert-OH is 2. The molecule has 5 nitrogen and oxygen atoms in total. The van der Waals surface area contributed by atoms with Crippen molar-refractivity contribution in [3.63, 3.8) is 0 Å². The average molecular weight is 487 g/mol. The molecule has 0 bridgehead atoms. The van der Waals surface area contributed by atoms with Gasteiger partial charge in [-0.25, -0.2) is 4.79 Å². The summed E-state index contributed by atoms with van der Waals surface area (Å²) < 4.78 is 0. The Kier molecular flexibility index (Phi) is 9.15. The quantitative estimate of drug-likeness (QED) is 0.436. The number of nitrogens with zero attached hydrogens (tertiary/aromatic N) is 2. The van der Waals surface area contributed by atoms with Crippen molar-refractivity contribution in [3.05, 3.63) is 108 Å². The number of hydrogen-bond donors (Lipinski definition) is 2. The second-order valence-corrected chi connectivity index (χ2v) is 9.75. The Labute approximate surface area is 215 Å². The molecule has 1 saturated heterocycles. The standard InChI is InChI=1S/C31H38N2O3/c1-2-3-20-32-27(22-25-15-9-5-10-16-25)29(34)30(35)28(23-26-17-11-6-12-18-26)33(31(32)36)21-19-24-13-7-4-8-14-24/h4-18,27-30,34-35H,2-3,19-23H2,1H3/t27-,28-,29+,30+/m1/s1. The van der Waals surface area contributed by atoms with Gasteiger partial charge < -0.3 is 20.0 Å². The molecule has 190 valence electrons. The van der Waals surface area contributed by atoms with Crippen LogP contribution >= 0.6 is 0 Å². The Hall–Kier alpha value is -3.15. The van der Waals surface area contributed by atoms with Crippen LogP contribution in [0.1, 0.15) is 36.5 Å². The molecule has 0 radical (unpaired) electrons. The van der Waals surface area contributed by atoms with Gasteiger partial charge in [0.1, 0.15) is 12.2 Å². The van der Waals surface area contributed by atoms with Gasteiger partial charge in [0.2, 0.25) is 0 Å². The molecule has 2 amide bonds. The van der Waals surface area contributed by atoms with Crippen LogP contribution in [0.3, 0.4) is 0 Å². The highest BCUT2D eigenvalue weighted by molar-refractivity contribution is 5.76. The van der Waals surface area contributed by atoms with Gasteiger partial charge in [-0.3, -0.25) is 0 Å². The van der Waals surface area contributed by atoms with Gasteiger partial charge in [-0.05, 0) is 42.4 Å². The first kappa shape index (κ1) is 25.9. The van der Waals surface area contributed by atoms with Gasteiger partial charge in [-0.15, -0.1) is 0 Å². The van der Waals surface area contributed by atoms with Crippen molar-refractivity contribution < 1.29 is 15.0 Å². The van der Waals surface area contributed by atoms with E-state index in [0.717, 1.165) is 29.5 Å². The monoisotopic (exact) mass is 486 g/mol. The molecule has 0 saturated carbocycles. The number of amides is 2. The SMILES string of the molecule is CCCCN1C(=O)N(CCc2ccccc2)[C@H](Cc2ccccc2)[C@H](O)[C@@H](O)[C@H]1Cc1ccccc1. The van der Waals surface area contributed by atoms with E-state index in [9.17, 15) is 15.0 Å². The number of aliphatic hydroxyl groups is 2. The fourth-order valence-corrected chi connectivity index (χ4v) is 5.19. The van der Waals surface area contributed by atoms with Crippen molar-refractivity contribution in [1.29, 1.82) is 0 Å². The van der Waals surface area contributed by atoms with Crippen LogP contribution in [0.25, 0.3) is 0 Å². The first-order chi connectivity index (χ1) is 17.6. The molecule has 3 aromatic rings. The molecule has 36 heavy (non-hydrogen) atoms. The highest BCUT2D eigenvalue weighted by Gasteiger charge is 2.45. The molecule has 5 heteroatoms. The molecule has 1 heterocycles. The lowest BCUT2D eigenvalue weighted by Crippen LogP contribution is -2.51. The Bertz CT molecular complexity index is 1060. The molecule has 4 rings (SSSR count). The van der Waals surface area contributed by atoms with Crippen LogP contribution in [0.15, 0.2) is 91.0 Å². The number of unbranched alkanes of at least 4 members (excludes halogenated alkanes) is 1. The lowest BCUT2D eigenvalue weighted by atomic mass is 9.91. The maximum Gasteiger partial charge on any atom is 0.320 e. The molecule has 1 fully saturated rings. The van der Waals surface area contributed by atoms with Crippen LogP contribution in [0.5, 0.6) is 0 Å². The van der Waals surface area contributed by atoms with E-state index in [1.54, 1.807) is 0 Å². The van der Waals surface area contributed by atoms with E-state index >= 15 is 0 Å². The highest BCUT2D eigenvalue weighted by atomic mass is 16.3. The van der Waals surface area contributed by atoms with E-state index in [4.69, 9.17) is 0 Å². The molecular formula is C31H38N2O3. The molecule has 0 aliphatic carbocycles. The third kappa shape index (κ3) is 6.34. The first-order valence-electron chi connectivity index (χ1n) is 13.1. The Morgan fingerprint density at radius 1 is 0.639 bits per heavy atom. The number of carbonyl (C=O) groups excluding carboxylic acids is 1. The average Bonchev–Trinajstić information content (AvgIpc) is 2.98. The minimum absolute atomic E-state index is 0.100. The fourth-order valence-electron chi connectivity index (χ4n) is 5.19. The van der Waals surface area contributed by atoms with Crippen molar-refractivity contribution in [3.8, 4) is 0 Å². The molecule has 3 aromatic carbocycles. The number of hydrogen-bond acceptors (Lipinski definition) is 3. The summed E-state index contributed by atoms with van der Waals surface area (Å²) in [4.78, 5) is 17.8. The Morgan fingerprint density at radius 3 is 1.50 bits per heavy atom. The van der Waals surface area contributed by atoms with Crippen LogP contribution in [-0.4, -0.2) is 63.4 Å². The molecule has 0 unspecified atom stereocenters. The lowest BCUT2D eigenvalue weighted by Gasteiger charge is -2.35. The van der Waals surface area contributed by atoms with Crippen LogP contribution in [0.4, 0.5) is 4.79 Å². The summed E-state index contributed by atoms with van der Waals surface area (Å²) in [6.07, 6.45) is 1.34. The summed E-state index contributed by atoms with van der Waals surface area (Å²) in [6, 6.07) is 28.9. The Morgan fingerprint density at radius 2 is 1.06 bits per heavy atom. The summed E-state index contributed by atoms with van der Waals surface area (Å²) in [7, 11) is 0. The normalized spacial score (nSPS) is 22.5. The number of rotatable bonds is 10. The summed E-state index contributed by atoms with van der Waals surface area (Å²) >= 11 is 0. The topological polar surface area (TPSA) is 64.0 Å². The highest BCUT2D eigenvalue weighted by Crippen LogP contribution is 2.28. The van der Waals surface area contributed by atoms with Crippen LogP contribution < -0.4 is 0 Å². The molecular weight excluding hydrogens is 448 g/mol. The second-order valence-electron chi connectivity index (χ2n) is 9.75. The van der Waals surface area contributed by atoms with E-state index < -0.39 is 24.3 Å². The minimum Gasteiger partial charge on any atom is -0.388 e. The maximum atomic E-state index is 14.2. The molecule has 1 aliphatic rings. The van der Waals surface area contributed by atoms with Crippen molar-refractivity contribution >= 4 is 6.03 Å². The summed E-state index contributed by atoms with van der Waals surface area (Å²) in [5.74, 6) is 0. The fraction of sp³-hybridized carbons (Fsp3) is 0.387. The van der Waals surface area contributed by atoms with Crippen LogP contribution in [0, 0.1) is 0 Å². The van der Waals surface area contributed by atoms with E-state index in [1.165, 1.54) is 0 Å². The lowest BCUT2D eigenvalue weighted by molar-refractivity contribution is -0.0394. The number of urea groups is 1. The second kappa shape index (κ2) is 12.7. The van der Waals surface area contributed by atoms with Gasteiger partial charge in [-0.1, -0.05) is 104 Å². The van der Waals surface area contributed by atoms with Crippen molar-refractivity contribution in [2.24, 2.45) is 0 Å². The van der Waals surface area contributed by atoms with E-state index in [1.807, 2.05) is 88.7 Å². The molecule has 1 aliphatic heterocycles. The minimum atomic E-state index is -1.06. The van der Waals surface area contributed by atoms with Gasteiger partial charge in [0.15, 0.2) is 0 Å². The summed E-state index contributed by atoms with van der Waals surface area (Å²) in [5, 5.41) is 23.1. The zero-order valence-electron chi connectivity index (χ0n) is 21.1. The third-order valence-electron chi connectivity index (χ3n) is 7.24. The number of benzene rings is 3. The van der Waals surface area contributed by atoms with E-state index in [-0.39, 0.29) is 6.03 Å². The predicted octanol–water partition coefficient (Wildman–Crippen LogP) is 4.71. The van der Waals surface area contributed by atoms with Crippen molar-refractivity contribution in [1.82, 2.24) is 9.80 Å². The van der Waals surface area contributed by atoms with Gasteiger partial charge in [0.05, 0.1) is 12.1 Å². The predicted molar refractivity (Wildman–Crippen MR) is 144 cm³/mol. The zero-order chi connectivity index (χ0) is 25.3.